The third kappa shape index (κ3) is 4.15. The molecule has 1 saturated carbocycles. The van der Waals surface area contributed by atoms with E-state index in [2.05, 4.69) is 5.32 Å². The molecule has 2 aliphatic rings. The molecule has 0 spiro atoms. The maximum Gasteiger partial charge on any atom is 0.318 e. The number of rotatable bonds is 5. The van der Waals surface area contributed by atoms with E-state index in [0.717, 1.165) is 12.0 Å². The van der Waals surface area contributed by atoms with Crippen LogP contribution in [0.1, 0.15) is 36.8 Å². The Bertz CT molecular complexity index is 946. The summed E-state index contributed by atoms with van der Waals surface area (Å²) in [6, 6.07) is 13.1. The third-order valence-electron chi connectivity index (χ3n) is 5.99. The molecule has 5 nitrogen and oxygen atoms in total. The Hall–Kier alpha value is -2.60. The monoisotopic (exact) mass is 429 g/mol. The zero-order chi connectivity index (χ0) is 21.3. The van der Waals surface area contributed by atoms with Crippen molar-refractivity contribution in [2.45, 2.75) is 43.8 Å². The van der Waals surface area contributed by atoms with E-state index in [1.165, 1.54) is 6.07 Å². The Morgan fingerprint density at radius 2 is 1.90 bits per heavy atom. The van der Waals surface area contributed by atoms with Crippen LogP contribution >= 0.6 is 11.6 Å². The highest BCUT2D eigenvalue weighted by Gasteiger charge is 2.49. The number of hydrogen-bond acceptors (Lipinski definition) is 2. The smallest absolute Gasteiger partial charge is 0.318 e. The first-order valence-electron chi connectivity index (χ1n) is 10.2. The van der Waals surface area contributed by atoms with Crippen molar-refractivity contribution in [1.29, 1.82) is 0 Å². The second-order valence-corrected chi connectivity index (χ2v) is 8.60. The summed E-state index contributed by atoms with van der Waals surface area (Å²) in [7, 11) is 1.74. The average molecular weight is 430 g/mol. The highest BCUT2D eigenvalue weighted by molar-refractivity contribution is 6.30. The van der Waals surface area contributed by atoms with Gasteiger partial charge < -0.3 is 15.1 Å². The van der Waals surface area contributed by atoms with Gasteiger partial charge in [0.25, 0.3) is 0 Å². The van der Waals surface area contributed by atoms with Crippen molar-refractivity contribution in [3.63, 3.8) is 0 Å². The Balaban J connectivity index is 1.42. The lowest BCUT2D eigenvalue weighted by atomic mass is 10.0. The fourth-order valence-electron chi connectivity index (χ4n) is 4.17. The summed E-state index contributed by atoms with van der Waals surface area (Å²) in [5, 5.41) is 3.66. The van der Waals surface area contributed by atoms with Gasteiger partial charge in [-0.05, 0) is 49.4 Å². The average Bonchev–Trinajstić information content (AvgIpc) is 3.33. The summed E-state index contributed by atoms with van der Waals surface area (Å²) in [5.74, 6) is -0.402. The molecule has 0 aromatic heterocycles. The number of nitrogens with one attached hydrogen (secondary N) is 1. The van der Waals surface area contributed by atoms with Crippen LogP contribution < -0.4 is 5.32 Å². The van der Waals surface area contributed by atoms with Gasteiger partial charge in [-0.25, -0.2) is 9.18 Å². The number of benzene rings is 2. The molecule has 7 heteroatoms. The summed E-state index contributed by atoms with van der Waals surface area (Å²) in [4.78, 5) is 29.3. The Morgan fingerprint density at radius 3 is 2.57 bits per heavy atom. The second kappa shape index (κ2) is 8.26. The van der Waals surface area contributed by atoms with Crippen molar-refractivity contribution in [3.8, 4) is 0 Å². The summed E-state index contributed by atoms with van der Waals surface area (Å²) >= 11 is 5.93. The lowest BCUT2D eigenvalue weighted by Crippen LogP contribution is -2.52. The zero-order valence-corrected chi connectivity index (χ0v) is 17.7. The Kier molecular flexibility index (Phi) is 5.69. The first-order chi connectivity index (χ1) is 14.4. The van der Waals surface area contributed by atoms with Crippen molar-refractivity contribution in [1.82, 2.24) is 15.1 Å². The normalized spacial score (nSPS) is 19.4. The molecule has 158 valence electrons. The van der Waals surface area contributed by atoms with Gasteiger partial charge in [0.05, 0.1) is 5.54 Å². The molecule has 4 rings (SSSR count). The molecule has 0 radical (unpaired) electrons. The van der Waals surface area contributed by atoms with Crippen molar-refractivity contribution in [2.75, 3.05) is 13.6 Å². The number of likely N-dealkylation sites (tertiary alicyclic amines) is 1. The number of halogens is 2. The van der Waals surface area contributed by atoms with Crippen LogP contribution in [0.2, 0.25) is 5.02 Å². The van der Waals surface area contributed by atoms with Crippen LogP contribution in [-0.2, 0) is 16.9 Å². The van der Waals surface area contributed by atoms with Crippen LogP contribution in [0.3, 0.4) is 0 Å². The van der Waals surface area contributed by atoms with Gasteiger partial charge in [0.1, 0.15) is 11.9 Å². The summed E-state index contributed by atoms with van der Waals surface area (Å²) < 4.78 is 14.3. The highest BCUT2D eigenvalue weighted by atomic mass is 35.5. The van der Waals surface area contributed by atoms with Crippen LogP contribution in [0.4, 0.5) is 9.18 Å². The number of nitrogens with zero attached hydrogens (tertiary/aromatic N) is 2. The highest BCUT2D eigenvalue weighted by Crippen LogP contribution is 2.46. The fraction of sp³-hybridized carbons (Fsp3) is 0.391. The SMILES string of the molecule is CN(Cc1ccc(Cl)cc1)C(=O)[C@H]1CCCN1C(=O)NC1(c2ccccc2F)CC1. The van der Waals surface area contributed by atoms with Gasteiger partial charge in [-0.2, -0.15) is 0 Å². The van der Waals surface area contributed by atoms with Crippen LogP contribution in [0, 0.1) is 5.82 Å². The first kappa shape index (κ1) is 20.7. The number of hydrogen-bond donors (Lipinski definition) is 1. The Morgan fingerprint density at radius 1 is 1.20 bits per heavy atom. The predicted molar refractivity (Wildman–Crippen MR) is 113 cm³/mol. The standard InChI is InChI=1S/C23H25ClFN3O2/c1-27(15-16-8-10-17(24)11-9-16)21(29)20-7-4-14-28(20)22(30)26-23(12-13-23)18-5-2-3-6-19(18)25/h2-3,5-6,8-11,20H,4,7,12-15H2,1H3,(H,26,30)/t20-/m1/s1. The topological polar surface area (TPSA) is 52.7 Å². The number of amides is 3. The summed E-state index contributed by atoms with van der Waals surface area (Å²) in [6.45, 7) is 0.964. The predicted octanol–water partition coefficient (Wildman–Crippen LogP) is 4.30. The molecule has 2 aromatic rings. The van der Waals surface area contributed by atoms with E-state index < -0.39 is 11.6 Å². The van der Waals surface area contributed by atoms with E-state index in [1.807, 2.05) is 12.1 Å². The molecular weight excluding hydrogens is 405 g/mol. The molecule has 30 heavy (non-hydrogen) atoms. The molecule has 1 aliphatic heterocycles. The molecule has 3 amide bonds. The van der Waals surface area contributed by atoms with Crippen LogP contribution in [0.15, 0.2) is 48.5 Å². The molecule has 2 aromatic carbocycles. The van der Waals surface area contributed by atoms with Crippen molar-refractivity contribution in [3.05, 3.63) is 70.5 Å². The molecule has 2 fully saturated rings. The third-order valence-corrected chi connectivity index (χ3v) is 6.25. The van der Waals surface area contributed by atoms with Crippen LogP contribution in [0.5, 0.6) is 0 Å². The minimum absolute atomic E-state index is 0.0895. The number of likely N-dealkylation sites (N-methyl/N-ethyl adjacent to an activating group) is 1. The quantitative estimate of drug-likeness (QED) is 0.770. The number of carbonyl (C=O) groups is 2. The van der Waals surface area contributed by atoms with Gasteiger partial charge in [-0.15, -0.1) is 0 Å². The molecule has 1 aliphatic carbocycles. The molecule has 1 saturated heterocycles. The van der Waals surface area contributed by atoms with Gasteiger partial charge in [-0.3, -0.25) is 4.79 Å². The minimum Gasteiger partial charge on any atom is -0.340 e. The van der Waals surface area contributed by atoms with Gasteiger partial charge >= 0.3 is 6.03 Å². The second-order valence-electron chi connectivity index (χ2n) is 8.16. The number of urea groups is 1. The first-order valence-corrected chi connectivity index (χ1v) is 10.6. The lowest BCUT2D eigenvalue weighted by molar-refractivity contribution is -0.134. The minimum atomic E-state index is -0.659. The molecule has 0 unspecified atom stereocenters. The van der Waals surface area contributed by atoms with Gasteiger partial charge in [-0.1, -0.05) is 41.9 Å². The fourth-order valence-corrected chi connectivity index (χ4v) is 4.30. The van der Waals surface area contributed by atoms with Crippen LogP contribution in [0.25, 0.3) is 0 Å². The number of carbonyl (C=O) groups excluding carboxylic acids is 2. The summed E-state index contributed by atoms with van der Waals surface area (Å²) in [6.07, 6.45) is 2.79. The van der Waals surface area contributed by atoms with E-state index in [0.29, 0.717) is 42.9 Å². The Labute approximate surface area is 180 Å². The van der Waals surface area contributed by atoms with E-state index >= 15 is 0 Å². The van der Waals surface area contributed by atoms with Crippen molar-refractivity contribution in [2.24, 2.45) is 0 Å². The van der Waals surface area contributed by atoms with Gasteiger partial charge in [0.2, 0.25) is 5.91 Å². The largest absolute Gasteiger partial charge is 0.340 e. The zero-order valence-electron chi connectivity index (χ0n) is 16.9. The van der Waals surface area contributed by atoms with Crippen molar-refractivity contribution >= 4 is 23.5 Å². The van der Waals surface area contributed by atoms with E-state index in [-0.39, 0.29) is 17.8 Å². The van der Waals surface area contributed by atoms with Gasteiger partial charge in [0, 0.05) is 30.7 Å². The van der Waals surface area contributed by atoms with Crippen LogP contribution in [-0.4, -0.2) is 41.4 Å². The summed E-state index contributed by atoms with van der Waals surface area (Å²) in [5.41, 5.74) is 0.828. The van der Waals surface area contributed by atoms with E-state index in [9.17, 15) is 14.0 Å². The molecule has 1 N–H and O–H groups in total. The molecule has 1 heterocycles. The van der Waals surface area contributed by atoms with Crippen molar-refractivity contribution < 1.29 is 14.0 Å². The van der Waals surface area contributed by atoms with E-state index in [1.54, 1.807) is 47.2 Å². The lowest BCUT2D eigenvalue weighted by Gasteiger charge is -2.30. The van der Waals surface area contributed by atoms with Gasteiger partial charge in [0.15, 0.2) is 0 Å². The molecule has 1 atom stereocenters. The maximum absolute atomic E-state index is 14.3. The van der Waals surface area contributed by atoms with E-state index in [4.69, 9.17) is 11.6 Å². The maximum atomic E-state index is 14.3. The molecule has 0 bridgehead atoms. The molecular formula is C23H25ClFN3O2.